The second-order valence-electron chi connectivity index (χ2n) is 9.80. The first-order valence-corrected chi connectivity index (χ1v) is 14.0. The van der Waals surface area contributed by atoms with Crippen molar-refractivity contribution in [1.82, 2.24) is 14.9 Å². The summed E-state index contributed by atoms with van der Waals surface area (Å²) in [4.78, 5) is 31.3. The zero-order valence-electron chi connectivity index (χ0n) is 23.4. The Kier molecular flexibility index (Phi) is 9.05. The van der Waals surface area contributed by atoms with E-state index >= 15 is 0 Å². The van der Waals surface area contributed by atoms with Crippen molar-refractivity contribution in [3.05, 3.63) is 71.5 Å². The van der Waals surface area contributed by atoms with Gasteiger partial charge in [-0.2, -0.15) is 0 Å². The van der Waals surface area contributed by atoms with E-state index in [9.17, 15) is 13.6 Å². The number of hydroxylamine groups is 1. The summed E-state index contributed by atoms with van der Waals surface area (Å²) in [7, 11) is 1.57. The molecule has 2 aromatic carbocycles. The van der Waals surface area contributed by atoms with E-state index in [1.54, 1.807) is 19.2 Å². The highest BCUT2D eigenvalue weighted by Gasteiger charge is 2.32. The number of aromatic nitrogens is 2. The molecule has 3 heterocycles. The van der Waals surface area contributed by atoms with Crippen LogP contribution in [0.5, 0.6) is 5.75 Å². The number of anilines is 5. The van der Waals surface area contributed by atoms with E-state index in [4.69, 9.17) is 21.2 Å². The smallest absolute Gasteiger partial charge is 0.247 e. The molecule has 2 saturated heterocycles. The number of hydrogen-bond donors (Lipinski definition) is 2. The number of methoxy groups -OCH3 is 1. The molecule has 2 fully saturated rings. The fourth-order valence-corrected chi connectivity index (χ4v) is 5.31. The molecule has 5 rings (SSSR count). The van der Waals surface area contributed by atoms with Crippen molar-refractivity contribution in [1.29, 1.82) is 0 Å². The van der Waals surface area contributed by atoms with Crippen molar-refractivity contribution in [2.24, 2.45) is 0 Å². The summed E-state index contributed by atoms with van der Waals surface area (Å²) in [5.41, 5.74) is 2.17. The second kappa shape index (κ2) is 12.9. The zero-order valence-corrected chi connectivity index (χ0v) is 24.1. The lowest BCUT2D eigenvalue weighted by Crippen LogP contribution is -2.46. The molecule has 1 aromatic heterocycles. The maximum atomic E-state index is 14.9. The van der Waals surface area contributed by atoms with Gasteiger partial charge >= 0.3 is 0 Å². The molecule has 1 unspecified atom stereocenters. The van der Waals surface area contributed by atoms with Crippen LogP contribution in [0.25, 0.3) is 0 Å². The Morgan fingerprint density at radius 1 is 1.19 bits per heavy atom. The highest BCUT2D eigenvalue weighted by Crippen LogP contribution is 2.40. The van der Waals surface area contributed by atoms with E-state index in [0.29, 0.717) is 41.8 Å². The first kappa shape index (κ1) is 29.5. The Labute approximate surface area is 247 Å². The molecule has 0 bridgehead atoms. The predicted octanol–water partition coefficient (Wildman–Crippen LogP) is 5.31. The number of nitrogens with one attached hydrogen (secondary N) is 2. The van der Waals surface area contributed by atoms with Crippen LogP contribution in [0.15, 0.2) is 49.3 Å². The van der Waals surface area contributed by atoms with Crippen molar-refractivity contribution in [3.8, 4) is 5.75 Å². The van der Waals surface area contributed by atoms with Crippen molar-refractivity contribution < 1.29 is 23.1 Å². The topological polar surface area (TPSA) is 95.1 Å². The number of piperazine rings is 1. The summed E-state index contributed by atoms with van der Waals surface area (Å²) in [6.07, 6.45) is 3.01. The molecular weight excluding hydrogens is 568 g/mol. The van der Waals surface area contributed by atoms with Gasteiger partial charge in [0.1, 0.15) is 34.6 Å². The van der Waals surface area contributed by atoms with Crippen LogP contribution in [0, 0.1) is 11.6 Å². The Hall–Kier alpha value is -4.00. The number of nitrogens with zero attached hydrogens (tertiary/aromatic N) is 5. The Morgan fingerprint density at radius 2 is 1.98 bits per heavy atom. The quantitative estimate of drug-likeness (QED) is 0.251. The Balaban J connectivity index is 1.44. The normalized spacial score (nSPS) is 17.3. The molecule has 2 aliphatic rings. The zero-order chi connectivity index (χ0) is 29.8. The number of carbonyl (C=O) groups is 1. The van der Waals surface area contributed by atoms with E-state index in [2.05, 4.69) is 43.9 Å². The summed E-state index contributed by atoms with van der Waals surface area (Å²) < 4.78 is 34.4. The molecule has 3 aromatic rings. The number of carbonyl (C=O) groups excluding carboxylic acids is 1. The SMILES string of the molecule is C=CC(=O)Nc1cc(Nc2cc(N3OCCC3c3ccc(F)c(Cl)c3F)ncn2)c(OC)cc1N1CCN(CC)CC1. The molecule has 0 saturated carbocycles. The third kappa shape index (κ3) is 6.10. The fourth-order valence-electron chi connectivity index (χ4n) is 5.14. The van der Waals surface area contributed by atoms with E-state index < -0.39 is 22.7 Å². The summed E-state index contributed by atoms with van der Waals surface area (Å²) in [5.74, 6) is -0.703. The van der Waals surface area contributed by atoms with Gasteiger partial charge in [0.2, 0.25) is 5.91 Å². The largest absolute Gasteiger partial charge is 0.494 e. The number of halogens is 3. The van der Waals surface area contributed by atoms with Crippen LogP contribution in [-0.2, 0) is 9.63 Å². The first-order chi connectivity index (χ1) is 20.3. The third-order valence-electron chi connectivity index (χ3n) is 7.39. The van der Waals surface area contributed by atoms with Gasteiger partial charge in [-0.25, -0.2) is 23.8 Å². The number of ether oxygens (including phenoxy) is 1. The summed E-state index contributed by atoms with van der Waals surface area (Å²) in [6.45, 7) is 10.4. The van der Waals surface area contributed by atoms with Crippen molar-refractivity contribution in [2.75, 3.05) is 67.0 Å². The molecular formula is C29H32ClF2N7O3. The summed E-state index contributed by atoms with van der Waals surface area (Å²) in [6, 6.07) is 7.22. The fraction of sp³-hybridized carbons (Fsp3) is 0.345. The van der Waals surface area contributed by atoms with E-state index in [-0.39, 0.29) is 11.5 Å². The van der Waals surface area contributed by atoms with E-state index in [1.165, 1.54) is 23.5 Å². The van der Waals surface area contributed by atoms with Crippen LogP contribution in [0.3, 0.4) is 0 Å². The lowest BCUT2D eigenvalue weighted by Gasteiger charge is -2.36. The van der Waals surface area contributed by atoms with Gasteiger partial charge in [0.25, 0.3) is 0 Å². The van der Waals surface area contributed by atoms with Crippen molar-refractivity contribution >= 4 is 46.2 Å². The summed E-state index contributed by atoms with van der Waals surface area (Å²) in [5, 5.41) is 7.05. The minimum atomic E-state index is -0.834. The molecule has 222 valence electrons. The average molecular weight is 600 g/mol. The van der Waals surface area contributed by atoms with Crippen LogP contribution >= 0.6 is 11.6 Å². The van der Waals surface area contributed by atoms with Gasteiger partial charge in [0.15, 0.2) is 5.82 Å². The summed E-state index contributed by atoms with van der Waals surface area (Å²) >= 11 is 5.83. The van der Waals surface area contributed by atoms with Gasteiger partial charge in [-0.1, -0.05) is 31.2 Å². The first-order valence-electron chi connectivity index (χ1n) is 13.6. The second-order valence-corrected chi connectivity index (χ2v) is 10.2. The highest BCUT2D eigenvalue weighted by molar-refractivity contribution is 6.31. The standard InChI is InChI=1S/C29H32ClF2N7O3/c1-4-27(40)36-20-14-21(24(41-3)15-23(20)38-11-9-37(5-2)10-12-38)35-25-16-26(34-17-33-25)39-22(8-13-42-39)18-6-7-19(31)28(30)29(18)32/h4,6-7,14-17,22H,1,5,8-13H2,2-3H3,(H,36,40)(H,33,34,35). The number of amides is 1. The van der Waals surface area contributed by atoms with Crippen LogP contribution in [0.1, 0.15) is 24.9 Å². The third-order valence-corrected chi connectivity index (χ3v) is 7.74. The monoisotopic (exact) mass is 599 g/mol. The molecule has 0 aliphatic carbocycles. The van der Waals surface area contributed by atoms with Gasteiger partial charge in [0, 0.05) is 50.3 Å². The van der Waals surface area contributed by atoms with Gasteiger partial charge in [-0.05, 0) is 24.8 Å². The molecule has 10 nitrogen and oxygen atoms in total. The van der Waals surface area contributed by atoms with Gasteiger partial charge < -0.3 is 25.2 Å². The average Bonchev–Trinajstić information content (AvgIpc) is 3.50. The van der Waals surface area contributed by atoms with Gasteiger partial charge in [-0.3, -0.25) is 9.63 Å². The van der Waals surface area contributed by atoms with Crippen LogP contribution < -0.4 is 25.3 Å². The van der Waals surface area contributed by atoms with Crippen LogP contribution in [0.2, 0.25) is 5.02 Å². The van der Waals surface area contributed by atoms with E-state index in [0.717, 1.165) is 44.5 Å². The molecule has 0 radical (unpaired) electrons. The molecule has 13 heteroatoms. The number of likely N-dealkylation sites (N-methyl/N-ethyl adjacent to an activating group) is 1. The predicted molar refractivity (Wildman–Crippen MR) is 159 cm³/mol. The molecule has 2 aliphatic heterocycles. The number of rotatable bonds is 9. The van der Waals surface area contributed by atoms with Crippen LogP contribution in [0.4, 0.5) is 37.5 Å². The van der Waals surface area contributed by atoms with Crippen molar-refractivity contribution in [3.63, 3.8) is 0 Å². The minimum absolute atomic E-state index is 0.201. The van der Waals surface area contributed by atoms with Crippen molar-refractivity contribution in [2.45, 2.75) is 19.4 Å². The molecule has 1 amide bonds. The lowest BCUT2D eigenvalue weighted by molar-refractivity contribution is -0.111. The Bertz CT molecular complexity index is 1470. The van der Waals surface area contributed by atoms with Gasteiger partial charge in [0.05, 0.1) is 36.8 Å². The molecule has 2 N–H and O–H groups in total. The molecule has 42 heavy (non-hydrogen) atoms. The highest BCUT2D eigenvalue weighted by atomic mass is 35.5. The molecule has 0 spiro atoms. The molecule has 1 atom stereocenters. The van der Waals surface area contributed by atoms with Gasteiger partial charge in [-0.15, -0.1) is 0 Å². The van der Waals surface area contributed by atoms with Crippen LogP contribution in [-0.4, -0.2) is 67.2 Å². The lowest BCUT2D eigenvalue weighted by atomic mass is 10.0. The maximum absolute atomic E-state index is 14.9. The number of benzene rings is 2. The van der Waals surface area contributed by atoms with E-state index in [1.807, 2.05) is 6.07 Å². The maximum Gasteiger partial charge on any atom is 0.247 e. The number of hydrogen-bond acceptors (Lipinski definition) is 9. The Morgan fingerprint density at radius 3 is 2.69 bits per heavy atom. The minimum Gasteiger partial charge on any atom is -0.494 e.